The van der Waals surface area contributed by atoms with Crippen molar-refractivity contribution >= 4 is 25.8 Å². The van der Waals surface area contributed by atoms with Crippen LogP contribution in [0.5, 0.6) is 0 Å². The van der Waals surface area contributed by atoms with Crippen LogP contribution in [0.2, 0.25) is 0 Å². The molecule has 1 aromatic rings. The predicted octanol–water partition coefficient (Wildman–Crippen LogP) is 2.28. The van der Waals surface area contributed by atoms with Gasteiger partial charge in [-0.1, -0.05) is 15.9 Å². The number of rotatable bonds is 4. The van der Waals surface area contributed by atoms with E-state index in [-0.39, 0.29) is 29.3 Å². The average Bonchev–Trinajstić information content (AvgIpc) is 2.55. The van der Waals surface area contributed by atoms with Crippen LogP contribution in [0.1, 0.15) is 18.4 Å². The van der Waals surface area contributed by atoms with Crippen molar-refractivity contribution in [1.82, 2.24) is 0 Å². The lowest BCUT2D eigenvalue weighted by molar-refractivity contribution is 0.468. The molecule has 2 N–H and O–H groups in total. The van der Waals surface area contributed by atoms with Crippen molar-refractivity contribution in [3.8, 4) is 0 Å². The zero-order valence-corrected chi connectivity index (χ0v) is 12.9. The standard InChI is InChI=1S/C13H17BrFNO2S/c14-11-3-10(4-12(15)7-11)6-13(16)5-9-1-2-19(17,18)8-9/h3-4,7,9,13H,1-2,5-6,8,16H2. The van der Waals surface area contributed by atoms with Crippen LogP contribution in [0.3, 0.4) is 0 Å². The molecule has 1 aliphatic rings. The first-order chi connectivity index (χ1) is 8.84. The molecule has 1 aliphatic heterocycles. The number of halogens is 2. The van der Waals surface area contributed by atoms with Crippen LogP contribution in [-0.4, -0.2) is 26.0 Å². The normalized spacial score (nSPS) is 23.4. The minimum atomic E-state index is -2.85. The third kappa shape index (κ3) is 4.54. The highest BCUT2D eigenvalue weighted by atomic mass is 79.9. The third-order valence-electron chi connectivity index (χ3n) is 3.38. The summed E-state index contributed by atoms with van der Waals surface area (Å²) in [6.07, 6.45) is 1.93. The molecule has 3 nitrogen and oxygen atoms in total. The van der Waals surface area contributed by atoms with Crippen molar-refractivity contribution in [3.05, 3.63) is 34.1 Å². The van der Waals surface area contributed by atoms with E-state index in [0.717, 1.165) is 5.56 Å². The lowest BCUT2D eigenvalue weighted by atomic mass is 9.95. The second kappa shape index (κ2) is 5.89. The van der Waals surface area contributed by atoms with E-state index in [2.05, 4.69) is 15.9 Å². The Bertz CT molecular complexity index is 542. The monoisotopic (exact) mass is 349 g/mol. The van der Waals surface area contributed by atoms with E-state index in [1.54, 1.807) is 0 Å². The summed E-state index contributed by atoms with van der Waals surface area (Å²) in [6.45, 7) is 0. The fraction of sp³-hybridized carbons (Fsp3) is 0.538. The Morgan fingerprint density at radius 2 is 2.16 bits per heavy atom. The zero-order valence-electron chi connectivity index (χ0n) is 10.5. The maximum absolute atomic E-state index is 13.2. The minimum Gasteiger partial charge on any atom is -0.327 e. The Morgan fingerprint density at radius 1 is 1.42 bits per heavy atom. The first kappa shape index (κ1) is 14.9. The zero-order chi connectivity index (χ0) is 14.0. The van der Waals surface area contributed by atoms with Gasteiger partial charge in [-0.25, -0.2) is 12.8 Å². The number of nitrogens with two attached hydrogens (primary N) is 1. The molecule has 1 heterocycles. The Hall–Kier alpha value is -0.460. The van der Waals surface area contributed by atoms with Gasteiger partial charge in [0.1, 0.15) is 5.82 Å². The lowest BCUT2D eigenvalue weighted by Crippen LogP contribution is -2.26. The number of hydrogen-bond acceptors (Lipinski definition) is 3. The number of benzene rings is 1. The van der Waals surface area contributed by atoms with Crippen molar-refractivity contribution in [2.24, 2.45) is 11.7 Å². The molecule has 19 heavy (non-hydrogen) atoms. The fourth-order valence-corrected chi connectivity index (χ4v) is 4.99. The fourth-order valence-electron chi connectivity index (χ4n) is 2.60. The maximum atomic E-state index is 13.2. The van der Waals surface area contributed by atoms with Gasteiger partial charge in [0.15, 0.2) is 9.84 Å². The summed E-state index contributed by atoms with van der Waals surface area (Å²) in [6, 6.07) is 4.58. The van der Waals surface area contributed by atoms with Crippen LogP contribution < -0.4 is 5.73 Å². The lowest BCUT2D eigenvalue weighted by Gasteiger charge is -2.15. The van der Waals surface area contributed by atoms with Gasteiger partial charge in [0.05, 0.1) is 11.5 Å². The molecule has 0 aromatic heterocycles. The van der Waals surface area contributed by atoms with Crippen LogP contribution in [0.4, 0.5) is 4.39 Å². The Labute approximate surface area is 121 Å². The van der Waals surface area contributed by atoms with E-state index in [1.807, 2.05) is 6.07 Å². The maximum Gasteiger partial charge on any atom is 0.150 e. The first-order valence-corrected chi connectivity index (χ1v) is 8.86. The first-order valence-electron chi connectivity index (χ1n) is 6.25. The van der Waals surface area contributed by atoms with E-state index in [9.17, 15) is 12.8 Å². The van der Waals surface area contributed by atoms with Crippen LogP contribution in [0, 0.1) is 11.7 Å². The summed E-state index contributed by atoms with van der Waals surface area (Å²) in [5, 5.41) is 0. The van der Waals surface area contributed by atoms with Gasteiger partial charge in [0.2, 0.25) is 0 Å². The Morgan fingerprint density at radius 3 is 2.74 bits per heavy atom. The molecule has 2 unspecified atom stereocenters. The van der Waals surface area contributed by atoms with E-state index in [0.29, 0.717) is 23.7 Å². The van der Waals surface area contributed by atoms with Gasteiger partial charge in [-0.05, 0) is 48.9 Å². The summed E-state index contributed by atoms with van der Waals surface area (Å²) in [5.41, 5.74) is 6.88. The third-order valence-corrected chi connectivity index (χ3v) is 5.68. The van der Waals surface area contributed by atoms with Gasteiger partial charge in [0, 0.05) is 10.5 Å². The van der Waals surface area contributed by atoms with Crippen molar-refractivity contribution in [2.45, 2.75) is 25.3 Å². The molecule has 0 saturated carbocycles. The summed E-state index contributed by atoms with van der Waals surface area (Å²) in [5.74, 6) is 0.376. The molecule has 0 radical (unpaired) electrons. The highest BCUT2D eigenvalue weighted by Gasteiger charge is 2.28. The summed E-state index contributed by atoms with van der Waals surface area (Å²) in [4.78, 5) is 0. The molecular weight excluding hydrogens is 333 g/mol. The highest BCUT2D eigenvalue weighted by Crippen LogP contribution is 2.24. The molecule has 2 atom stereocenters. The molecule has 0 aliphatic carbocycles. The molecule has 0 bridgehead atoms. The number of hydrogen-bond donors (Lipinski definition) is 1. The summed E-state index contributed by atoms with van der Waals surface area (Å²) < 4.78 is 36.7. The van der Waals surface area contributed by atoms with Gasteiger partial charge >= 0.3 is 0 Å². The highest BCUT2D eigenvalue weighted by molar-refractivity contribution is 9.10. The second-order valence-corrected chi connectivity index (χ2v) is 8.39. The van der Waals surface area contributed by atoms with Gasteiger partial charge < -0.3 is 5.73 Å². The van der Waals surface area contributed by atoms with E-state index in [1.165, 1.54) is 12.1 Å². The second-order valence-electron chi connectivity index (χ2n) is 5.25. The Balaban J connectivity index is 1.92. The molecule has 0 amide bonds. The van der Waals surface area contributed by atoms with Gasteiger partial charge in [-0.3, -0.25) is 0 Å². The van der Waals surface area contributed by atoms with Gasteiger partial charge in [-0.2, -0.15) is 0 Å². The van der Waals surface area contributed by atoms with E-state index in [4.69, 9.17) is 5.73 Å². The average molecular weight is 350 g/mol. The molecular formula is C13H17BrFNO2S. The van der Waals surface area contributed by atoms with Crippen LogP contribution in [0.25, 0.3) is 0 Å². The quantitative estimate of drug-likeness (QED) is 0.906. The number of sulfone groups is 1. The molecule has 1 saturated heterocycles. The van der Waals surface area contributed by atoms with Crippen LogP contribution in [-0.2, 0) is 16.3 Å². The molecule has 2 rings (SSSR count). The predicted molar refractivity (Wildman–Crippen MR) is 77.2 cm³/mol. The topological polar surface area (TPSA) is 60.2 Å². The van der Waals surface area contributed by atoms with Crippen LogP contribution >= 0.6 is 15.9 Å². The SMILES string of the molecule is NC(Cc1cc(F)cc(Br)c1)CC1CCS(=O)(=O)C1. The van der Waals surface area contributed by atoms with Crippen molar-refractivity contribution in [2.75, 3.05) is 11.5 Å². The van der Waals surface area contributed by atoms with Gasteiger partial charge in [0.25, 0.3) is 0 Å². The van der Waals surface area contributed by atoms with Crippen molar-refractivity contribution in [3.63, 3.8) is 0 Å². The van der Waals surface area contributed by atoms with Crippen molar-refractivity contribution in [1.29, 1.82) is 0 Å². The molecule has 1 fully saturated rings. The molecule has 1 aromatic carbocycles. The largest absolute Gasteiger partial charge is 0.327 e. The smallest absolute Gasteiger partial charge is 0.150 e. The molecule has 0 spiro atoms. The minimum absolute atomic E-state index is 0.132. The van der Waals surface area contributed by atoms with Crippen LogP contribution in [0.15, 0.2) is 22.7 Å². The molecule has 106 valence electrons. The summed E-state index contributed by atoms with van der Waals surface area (Å²) in [7, 11) is -2.85. The summed E-state index contributed by atoms with van der Waals surface area (Å²) >= 11 is 3.25. The molecule has 6 heteroatoms. The van der Waals surface area contributed by atoms with E-state index >= 15 is 0 Å². The van der Waals surface area contributed by atoms with Gasteiger partial charge in [-0.15, -0.1) is 0 Å². The Kier molecular flexibility index (Phi) is 4.63. The van der Waals surface area contributed by atoms with Crippen molar-refractivity contribution < 1.29 is 12.8 Å². The van der Waals surface area contributed by atoms with E-state index < -0.39 is 9.84 Å².